The number of amides is 3. The molecular formula is C21H28FN3O5S. The van der Waals surface area contributed by atoms with Gasteiger partial charge >= 0.3 is 6.03 Å². The summed E-state index contributed by atoms with van der Waals surface area (Å²) in [4.78, 5) is 23.9. The van der Waals surface area contributed by atoms with Crippen LogP contribution in [0.2, 0.25) is 0 Å². The minimum Gasteiger partial charge on any atom is -0.490 e. The Hall–Kier alpha value is -2.46. The molecule has 2 N–H and O–H groups in total. The molecule has 10 heteroatoms. The van der Waals surface area contributed by atoms with E-state index >= 15 is 0 Å². The fourth-order valence-corrected chi connectivity index (χ4v) is 4.48. The summed E-state index contributed by atoms with van der Waals surface area (Å²) in [5, 5.41) is 2.18. The predicted molar refractivity (Wildman–Crippen MR) is 113 cm³/mol. The van der Waals surface area contributed by atoms with E-state index in [0.717, 1.165) is 12.8 Å². The smallest absolute Gasteiger partial charge is 0.324 e. The Morgan fingerprint density at radius 3 is 2.74 bits per heavy atom. The van der Waals surface area contributed by atoms with Crippen LogP contribution in [0.3, 0.4) is 0 Å². The van der Waals surface area contributed by atoms with Gasteiger partial charge in [-0.3, -0.25) is 10.1 Å². The number of hydrogen-bond donors (Lipinski definition) is 2. The Morgan fingerprint density at radius 2 is 2.10 bits per heavy atom. The molecule has 1 aromatic carbocycles. The van der Waals surface area contributed by atoms with Gasteiger partial charge in [-0.05, 0) is 49.3 Å². The minimum absolute atomic E-state index is 0.00519. The van der Waals surface area contributed by atoms with E-state index in [9.17, 15) is 22.4 Å². The molecule has 31 heavy (non-hydrogen) atoms. The molecule has 1 aromatic rings. The van der Waals surface area contributed by atoms with Crippen molar-refractivity contribution in [2.75, 3.05) is 25.4 Å². The van der Waals surface area contributed by atoms with Crippen molar-refractivity contribution in [2.24, 2.45) is 5.92 Å². The molecule has 1 saturated heterocycles. The number of ether oxygens (including phenoxy) is 1. The summed E-state index contributed by atoms with van der Waals surface area (Å²) in [6.07, 6.45) is 6.27. The second-order valence-electron chi connectivity index (χ2n) is 7.84. The molecule has 1 saturated carbocycles. The number of benzene rings is 1. The maximum absolute atomic E-state index is 14.0. The summed E-state index contributed by atoms with van der Waals surface area (Å²) in [5.74, 6) is -0.304. The van der Waals surface area contributed by atoms with Gasteiger partial charge in [0.1, 0.15) is 6.54 Å². The van der Waals surface area contributed by atoms with E-state index in [2.05, 4.69) is 10.0 Å². The monoisotopic (exact) mass is 453 g/mol. The van der Waals surface area contributed by atoms with Crippen LogP contribution in [-0.4, -0.2) is 50.7 Å². The molecule has 2 fully saturated rings. The van der Waals surface area contributed by atoms with Gasteiger partial charge in [0, 0.05) is 12.6 Å². The average Bonchev–Trinajstić information content (AvgIpc) is 3.49. The third-order valence-corrected chi connectivity index (χ3v) is 6.59. The van der Waals surface area contributed by atoms with Gasteiger partial charge in [0.05, 0.1) is 12.4 Å². The van der Waals surface area contributed by atoms with E-state index in [1.165, 1.54) is 11.0 Å². The molecule has 0 bridgehead atoms. The van der Waals surface area contributed by atoms with Crippen molar-refractivity contribution in [1.29, 1.82) is 0 Å². The molecule has 1 atom stereocenters. The average molecular weight is 454 g/mol. The number of rotatable bonds is 12. The van der Waals surface area contributed by atoms with Crippen LogP contribution in [-0.2, 0) is 14.8 Å². The lowest BCUT2D eigenvalue weighted by Gasteiger charge is -2.18. The van der Waals surface area contributed by atoms with Gasteiger partial charge < -0.3 is 9.64 Å². The quantitative estimate of drug-likeness (QED) is 0.374. The van der Waals surface area contributed by atoms with E-state index < -0.39 is 27.9 Å². The summed E-state index contributed by atoms with van der Waals surface area (Å²) in [5.41, 5.74) is 0.651. The Balaban J connectivity index is 1.51. The van der Waals surface area contributed by atoms with Gasteiger partial charge in [-0.2, -0.15) is 0 Å². The lowest BCUT2D eigenvalue weighted by molar-refractivity contribution is -0.118. The van der Waals surface area contributed by atoms with Crippen molar-refractivity contribution in [3.63, 3.8) is 0 Å². The first-order valence-corrected chi connectivity index (χ1v) is 12.1. The highest BCUT2D eigenvalue weighted by Crippen LogP contribution is 2.31. The largest absolute Gasteiger partial charge is 0.490 e. The van der Waals surface area contributed by atoms with Crippen molar-refractivity contribution in [3.05, 3.63) is 41.7 Å². The Kier molecular flexibility index (Phi) is 7.66. The number of hydrogen-bond acceptors (Lipinski definition) is 5. The zero-order chi connectivity index (χ0) is 22.4. The highest BCUT2D eigenvalue weighted by atomic mass is 32.2. The number of nitrogens with zero attached hydrogens (tertiary/aromatic N) is 1. The maximum atomic E-state index is 14.0. The Bertz CT molecular complexity index is 946. The van der Waals surface area contributed by atoms with Crippen LogP contribution in [0.4, 0.5) is 9.18 Å². The summed E-state index contributed by atoms with van der Waals surface area (Å²) in [6.45, 7) is 2.57. The van der Waals surface area contributed by atoms with Crippen LogP contribution in [0.25, 0.3) is 0 Å². The number of halogens is 1. The summed E-state index contributed by atoms with van der Waals surface area (Å²) in [7, 11) is -3.58. The van der Waals surface area contributed by atoms with Gasteiger partial charge in [0.15, 0.2) is 11.6 Å². The standard InChI is InChI=1S/C21H28FN3O5S/c1-2-18(16-8-9-17(22)19(12-16)30-14-15-6-7-15)24-31(28,29)11-5-3-4-10-25-13-20(26)23-21(25)27/h3-4,8-9,12,15,18,24H,2,5-7,10-11,13-14H2,1H3,(H,23,26,27)/t18-/m1/s1. The lowest BCUT2D eigenvalue weighted by atomic mass is 10.1. The maximum Gasteiger partial charge on any atom is 0.324 e. The first-order valence-electron chi connectivity index (χ1n) is 10.4. The fraction of sp³-hybridized carbons (Fsp3) is 0.524. The number of allylic oxidation sites excluding steroid dienone is 1. The highest BCUT2D eigenvalue weighted by Gasteiger charge is 2.25. The van der Waals surface area contributed by atoms with Gasteiger partial charge in [0.25, 0.3) is 0 Å². The predicted octanol–water partition coefficient (Wildman–Crippen LogP) is 2.48. The second-order valence-corrected chi connectivity index (χ2v) is 9.71. The third-order valence-electron chi connectivity index (χ3n) is 5.17. The molecular weight excluding hydrogens is 425 g/mol. The van der Waals surface area contributed by atoms with E-state index in [-0.39, 0.29) is 36.9 Å². The van der Waals surface area contributed by atoms with Crippen molar-refractivity contribution in [2.45, 2.75) is 38.6 Å². The zero-order valence-electron chi connectivity index (χ0n) is 17.5. The van der Waals surface area contributed by atoms with E-state index in [0.29, 0.717) is 24.5 Å². The van der Waals surface area contributed by atoms with Gasteiger partial charge in [-0.1, -0.05) is 25.1 Å². The number of nitrogens with one attached hydrogen (secondary N) is 2. The van der Waals surface area contributed by atoms with Crippen LogP contribution in [0, 0.1) is 11.7 Å². The molecule has 1 aliphatic heterocycles. The molecule has 1 aliphatic carbocycles. The van der Waals surface area contributed by atoms with Crippen LogP contribution in [0.15, 0.2) is 30.4 Å². The number of sulfonamides is 1. The van der Waals surface area contributed by atoms with Gasteiger partial charge in [-0.25, -0.2) is 22.3 Å². The molecule has 1 heterocycles. The van der Waals surface area contributed by atoms with Crippen LogP contribution in [0.1, 0.15) is 44.2 Å². The fourth-order valence-electron chi connectivity index (χ4n) is 3.18. The van der Waals surface area contributed by atoms with Crippen LogP contribution in [0.5, 0.6) is 5.75 Å². The summed E-state index contributed by atoms with van der Waals surface area (Å²) < 4.78 is 47.2. The summed E-state index contributed by atoms with van der Waals surface area (Å²) >= 11 is 0. The number of carbonyl (C=O) groups excluding carboxylic acids is 2. The first-order chi connectivity index (χ1) is 14.8. The molecule has 3 amide bonds. The highest BCUT2D eigenvalue weighted by molar-refractivity contribution is 7.89. The molecule has 2 aliphatic rings. The lowest BCUT2D eigenvalue weighted by Crippen LogP contribution is -2.30. The van der Waals surface area contributed by atoms with Crippen molar-refractivity contribution in [1.82, 2.24) is 14.9 Å². The van der Waals surface area contributed by atoms with Gasteiger partial charge in [-0.15, -0.1) is 0 Å². The third kappa shape index (κ3) is 7.03. The van der Waals surface area contributed by atoms with Crippen molar-refractivity contribution < 1.29 is 27.1 Å². The molecule has 0 aromatic heterocycles. The summed E-state index contributed by atoms with van der Waals surface area (Å²) in [6, 6.07) is 3.50. The minimum atomic E-state index is -3.58. The molecule has 170 valence electrons. The molecule has 0 radical (unpaired) electrons. The topological polar surface area (TPSA) is 105 Å². The number of urea groups is 1. The Morgan fingerprint density at radius 1 is 1.32 bits per heavy atom. The SMILES string of the molecule is CC[C@@H](NS(=O)(=O)CCC=CCN1CC(=O)NC1=O)c1ccc(F)c(OCC2CC2)c1. The number of imide groups is 1. The van der Waals surface area contributed by atoms with Crippen molar-refractivity contribution in [3.8, 4) is 5.75 Å². The molecule has 8 nitrogen and oxygen atoms in total. The van der Waals surface area contributed by atoms with E-state index in [1.54, 1.807) is 24.3 Å². The van der Waals surface area contributed by atoms with E-state index in [1.807, 2.05) is 6.92 Å². The number of carbonyl (C=O) groups is 2. The second kappa shape index (κ2) is 10.2. The Labute approximate surface area is 181 Å². The van der Waals surface area contributed by atoms with Gasteiger partial charge in [0.2, 0.25) is 15.9 Å². The van der Waals surface area contributed by atoms with Crippen molar-refractivity contribution >= 4 is 22.0 Å². The molecule has 0 unspecified atom stereocenters. The molecule has 3 rings (SSSR count). The van der Waals surface area contributed by atoms with Crippen LogP contribution < -0.4 is 14.8 Å². The normalized spacial score (nSPS) is 17.9. The zero-order valence-corrected chi connectivity index (χ0v) is 18.3. The van der Waals surface area contributed by atoms with Crippen LogP contribution >= 0.6 is 0 Å². The molecule has 0 spiro atoms. The first kappa shape index (κ1) is 23.2. The van der Waals surface area contributed by atoms with E-state index in [4.69, 9.17) is 4.74 Å².